The molecule has 3 aliphatic heterocycles. The van der Waals surface area contributed by atoms with Crippen molar-refractivity contribution >= 4 is 34.3 Å². The van der Waals surface area contributed by atoms with Gasteiger partial charge in [0.25, 0.3) is 5.91 Å². The van der Waals surface area contributed by atoms with E-state index < -0.39 is 0 Å². The maximum atomic E-state index is 13.6. The zero-order valence-corrected chi connectivity index (χ0v) is 27.5. The number of aryl methyl sites for hydroxylation is 1. The first kappa shape index (κ1) is 30.0. The molecule has 0 saturated carbocycles. The molecular formula is C38H44N6O3. The van der Waals surface area contributed by atoms with Crippen molar-refractivity contribution in [2.24, 2.45) is 11.3 Å². The third-order valence-electron chi connectivity index (χ3n) is 11.1. The Morgan fingerprint density at radius 2 is 1.83 bits per heavy atom. The summed E-state index contributed by atoms with van der Waals surface area (Å²) in [5.41, 5.74) is 10.2. The summed E-state index contributed by atoms with van der Waals surface area (Å²) < 4.78 is 0. The average Bonchev–Trinajstić information content (AvgIpc) is 3.67. The summed E-state index contributed by atoms with van der Waals surface area (Å²) in [5, 5.41) is 11.5. The van der Waals surface area contributed by atoms with Crippen LogP contribution in [0.2, 0.25) is 0 Å². The molecule has 0 radical (unpaired) electrons. The van der Waals surface area contributed by atoms with Crippen LogP contribution in [0, 0.1) is 11.3 Å². The van der Waals surface area contributed by atoms with Gasteiger partial charge in [0.1, 0.15) is 5.69 Å². The van der Waals surface area contributed by atoms with Gasteiger partial charge in [-0.15, -0.1) is 0 Å². The largest absolute Gasteiger partial charge is 0.371 e. The normalized spacial score (nSPS) is 21.4. The van der Waals surface area contributed by atoms with E-state index in [1.807, 2.05) is 23.1 Å². The van der Waals surface area contributed by atoms with E-state index in [9.17, 15) is 14.4 Å². The van der Waals surface area contributed by atoms with E-state index in [0.29, 0.717) is 24.2 Å². The molecule has 1 atom stereocenters. The zero-order chi connectivity index (χ0) is 32.3. The Bertz CT molecular complexity index is 1880. The molecule has 47 heavy (non-hydrogen) atoms. The van der Waals surface area contributed by atoms with Gasteiger partial charge in [0, 0.05) is 66.0 Å². The molecule has 0 spiro atoms. The molecule has 9 heteroatoms. The maximum absolute atomic E-state index is 13.6. The van der Waals surface area contributed by atoms with E-state index in [-0.39, 0.29) is 23.6 Å². The number of piperidine rings is 2. The fourth-order valence-electron chi connectivity index (χ4n) is 8.39. The molecule has 3 amide bonds. The van der Waals surface area contributed by atoms with Crippen molar-refractivity contribution in [1.82, 2.24) is 25.4 Å². The van der Waals surface area contributed by atoms with Crippen LogP contribution in [0.15, 0.2) is 42.5 Å². The van der Waals surface area contributed by atoms with E-state index in [0.717, 1.165) is 105 Å². The van der Waals surface area contributed by atoms with Crippen LogP contribution in [-0.2, 0) is 28.9 Å². The first-order valence-corrected chi connectivity index (χ1v) is 17.4. The fraction of sp³-hybridized carbons (Fsp3) is 0.474. The van der Waals surface area contributed by atoms with Crippen LogP contribution >= 0.6 is 0 Å². The third-order valence-corrected chi connectivity index (χ3v) is 11.1. The number of benzene rings is 2. The quantitative estimate of drug-likeness (QED) is 0.237. The second-order valence-electron chi connectivity index (χ2n) is 15.0. The van der Waals surface area contributed by atoms with E-state index in [2.05, 4.69) is 63.5 Å². The molecule has 3 N–H and O–H groups in total. The van der Waals surface area contributed by atoms with Crippen LogP contribution in [0.25, 0.3) is 22.3 Å². The lowest BCUT2D eigenvalue weighted by molar-refractivity contribution is -0.134. The number of likely N-dealkylation sites (tertiary alicyclic amines) is 1. The summed E-state index contributed by atoms with van der Waals surface area (Å²) >= 11 is 0. The molecule has 5 heterocycles. The summed E-state index contributed by atoms with van der Waals surface area (Å²) in [4.78, 5) is 45.8. The van der Waals surface area contributed by atoms with Crippen molar-refractivity contribution in [3.8, 4) is 11.4 Å². The molecule has 8 rings (SSSR count). The highest BCUT2D eigenvalue weighted by atomic mass is 16.2. The van der Waals surface area contributed by atoms with Crippen LogP contribution in [0.5, 0.6) is 0 Å². The number of H-pyrrole nitrogens is 2. The smallest absolute Gasteiger partial charge is 0.253 e. The monoisotopic (exact) mass is 632 g/mol. The zero-order valence-electron chi connectivity index (χ0n) is 27.5. The molecule has 2 aromatic carbocycles. The Kier molecular flexibility index (Phi) is 7.45. The molecule has 4 aliphatic rings. The van der Waals surface area contributed by atoms with E-state index in [1.165, 1.54) is 22.5 Å². The van der Waals surface area contributed by atoms with Crippen LogP contribution in [-0.4, -0.2) is 64.0 Å². The van der Waals surface area contributed by atoms with Gasteiger partial charge in [0.05, 0.1) is 11.6 Å². The molecule has 2 fully saturated rings. The molecule has 2 aromatic heterocycles. The number of imide groups is 1. The number of carbonyl (C=O) groups excluding carboxylic acids is 3. The number of carbonyl (C=O) groups is 3. The molecule has 0 bridgehead atoms. The van der Waals surface area contributed by atoms with E-state index in [1.54, 1.807) is 0 Å². The number of rotatable bonds is 5. The number of hydrogen-bond acceptors (Lipinski definition) is 5. The van der Waals surface area contributed by atoms with Gasteiger partial charge < -0.3 is 14.8 Å². The number of fused-ring (bicyclic) bond motifs is 3. The highest BCUT2D eigenvalue weighted by Crippen LogP contribution is 2.39. The minimum absolute atomic E-state index is 0.108. The third kappa shape index (κ3) is 5.74. The number of nitrogens with zero attached hydrogens (tertiary/aromatic N) is 3. The number of aromatic nitrogens is 3. The van der Waals surface area contributed by atoms with E-state index >= 15 is 0 Å². The van der Waals surface area contributed by atoms with Crippen molar-refractivity contribution in [3.05, 3.63) is 70.4 Å². The number of nitrogens with one attached hydrogen (secondary N) is 3. The number of amides is 3. The molecule has 244 valence electrons. The minimum atomic E-state index is -0.246. The van der Waals surface area contributed by atoms with Crippen LogP contribution < -0.4 is 10.2 Å². The van der Waals surface area contributed by atoms with Crippen molar-refractivity contribution in [2.45, 2.75) is 77.6 Å². The predicted molar refractivity (Wildman–Crippen MR) is 182 cm³/mol. The first-order valence-electron chi connectivity index (χ1n) is 17.4. The van der Waals surface area contributed by atoms with Gasteiger partial charge >= 0.3 is 0 Å². The van der Waals surface area contributed by atoms with Crippen LogP contribution in [0.3, 0.4) is 0 Å². The molecule has 1 unspecified atom stereocenters. The summed E-state index contributed by atoms with van der Waals surface area (Å²) in [6.07, 6.45) is 8.25. The van der Waals surface area contributed by atoms with Gasteiger partial charge in [0.15, 0.2) is 0 Å². The average molecular weight is 633 g/mol. The second kappa shape index (κ2) is 11.7. The number of aromatic amines is 2. The molecule has 4 aromatic rings. The Morgan fingerprint density at radius 3 is 2.66 bits per heavy atom. The first-order chi connectivity index (χ1) is 22.7. The van der Waals surface area contributed by atoms with Gasteiger partial charge in [0.2, 0.25) is 11.8 Å². The number of hydrogen-bond donors (Lipinski definition) is 3. The van der Waals surface area contributed by atoms with Crippen LogP contribution in [0.4, 0.5) is 5.69 Å². The molecule has 9 nitrogen and oxygen atoms in total. The Morgan fingerprint density at radius 1 is 0.979 bits per heavy atom. The van der Waals surface area contributed by atoms with Crippen molar-refractivity contribution in [2.75, 3.05) is 31.1 Å². The molecule has 1 aliphatic carbocycles. The SMILES string of the molecule is CC1(C)CCc2c(-c3cc4cc(C(=O)N5CCC(CN6CCCc7cc(C8CCC(=O)NC8=O)ccc76)CC5)ccc4[nH]3)n[nH]c2C1. The van der Waals surface area contributed by atoms with Crippen molar-refractivity contribution in [3.63, 3.8) is 0 Å². The topological polar surface area (TPSA) is 114 Å². The summed E-state index contributed by atoms with van der Waals surface area (Å²) in [5.74, 6) is 0.0391. The fourth-order valence-corrected chi connectivity index (χ4v) is 8.39. The minimum Gasteiger partial charge on any atom is -0.371 e. The summed E-state index contributed by atoms with van der Waals surface area (Å²) in [6.45, 7) is 8.19. The highest BCUT2D eigenvalue weighted by Gasteiger charge is 2.32. The van der Waals surface area contributed by atoms with Gasteiger partial charge in [-0.1, -0.05) is 26.0 Å². The lowest BCUT2D eigenvalue weighted by Gasteiger charge is -2.38. The molecule has 2 saturated heterocycles. The number of anilines is 1. The Balaban J connectivity index is 0.903. The second-order valence-corrected chi connectivity index (χ2v) is 15.0. The molecular weight excluding hydrogens is 588 g/mol. The van der Waals surface area contributed by atoms with E-state index in [4.69, 9.17) is 0 Å². The lowest BCUT2D eigenvalue weighted by atomic mass is 9.76. The summed E-state index contributed by atoms with van der Waals surface area (Å²) in [6, 6.07) is 14.6. The van der Waals surface area contributed by atoms with Gasteiger partial charge in [-0.2, -0.15) is 5.10 Å². The van der Waals surface area contributed by atoms with Crippen molar-refractivity contribution in [1.29, 1.82) is 0 Å². The summed E-state index contributed by atoms with van der Waals surface area (Å²) in [7, 11) is 0. The maximum Gasteiger partial charge on any atom is 0.253 e. The lowest BCUT2D eigenvalue weighted by Crippen LogP contribution is -2.42. The van der Waals surface area contributed by atoms with Gasteiger partial charge in [-0.25, -0.2) is 0 Å². The standard InChI is InChI=1S/C38H44N6O3/c1-38(2)14-11-29-32(21-38)41-42-35(29)31-20-27-19-26(5-8-30(27)39-31)37(47)43-16-12-23(13-17-43)22-44-15-3-4-25-18-24(6-9-33(25)44)28-7-10-34(45)40-36(28)46/h5-6,8-9,18-20,23,28,39H,3-4,7,10-17,21-22H2,1-2H3,(H,41,42)(H,40,45,46). The van der Waals surface area contributed by atoms with Crippen LogP contribution in [0.1, 0.15) is 91.0 Å². The predicted octanol–water partition coefficient (Wildman–Crippen LogP) is 5.90. The van der Waals surface area contributed by atoms with Crippen molar-refractivity contribution < 1.29 is 14.4 Å². The van der Waals surface area contributed by atoms with Gasteiger partial charge in [-0.05, 0) is 104 Å². The van der Waals surface area contributed by atoms with Gasteiger partial charge in [-0.3, -0.25) is 24.8 Å². The Labute approximate surface area is 275 Å². The highest BCUT2D eigenvalue weighted by molar-refractivity contribution is 6.01. The Hall–Kier alpha value is -4.40.